The number of piperidine rings is 1. The topological polar surface area (TPSA) is 46.3 Å². The number of hydrogen-bond donors (Lipinski definition) is 1. The van der Waals surface area contributed by atoms with E-state index in [1.165, 1.54) is 16.8 Å². The van der Waals surface area contributed by atoms with Crippen molar-refractivity contribution in [1.29, 1.82) is 0 Å². The third-order valence-electron chi connectivity index (χ3n) is 4.18. The van der Waals surface area contributed by atoms with Crippen molar-refractivity contribution in [3.63, 3.8) is 0 Å². The summed E-state index contributed by atoms with van der Waals surface area (Å²) in [6.07, 6.45) is 3.88. The Hall–Kier alpha value is -1.51. The van der Waals surface area contributed by atoms with Crippen LogP contribution in [0.4, 0.5) is 5.69 Å². The molecule has 1 aromatic rings. The van der Waals surface area contributed by atoms with Crippen LogP contribution in [0, 0.1) is 5.92 Å². The summed E-state index contributed by atoms with van der Waals surface area (Å²) in [6, 6.07) is 6.58. The van der Waals surface area contributed by atoms with Crippen molar-refractivity contribution in [1.82, 2.24) is 0 Å². The molecule has 0 aromatic heterocycles. The van der Waals surface area contributed by atoms with Gasteiger partial charge in [-0.05, 0) is 36.8 Å². The molecule has 1 fully saturated rings. The highest BCUT2D eigenvalue weighted by molar-refractivity contribution is 5.77. The predicted octanol–water partition coefficient (Wildman–Crippen LogP) is 2.51. The molecule has 104 valence electrons. The lowest BCUT2D eigenvalue weighted by atomic mass is 9.93. The minimum Gasteiger partial charge on any atom is -0.371 e. The van der Waals surface area contributed by atoms with Gasteiger partial charge in [0.15, 0.2) is 0 Å². The van der Waals surface area contributed by atoms with Gasteiger partial charge in [-0.1, -0.05) is 32.0 Å². The van der Waals surface area contributed by atoms with Crippen LogP contribution in [0.3, 0.4) is 0 Å². The smallest absolute Gasteiger partial charge is 0.220 e. The van der Waals surface area contributed by atoms with Gasteiger partial charge < -0.3 is 10.6 Å². The van der Waals surface area contributed by atoms with Crippen LogP contribution in [0.25, 0.3) is 0 Å². The van der Waals surface area contributed by atoms with Gasteiger partial charge in [0.2, 0.25) is 5.91 Å². The fourth-order valence-corrected chi connectivity index (χ4v) is 3.01. The first kappa shape index (κ1) is 13.9. The first-order chi connectivity index (χ1) is 9.17. The number of benzene rings is 1. The lowest BCUT2D eigenvalue weighted by Gasteiger charge is -2.35. The molecule has 0 radical (unpaired) electrons. The molecule has 1 saturated heterocycles. The van der Waals surface area contributed by atoms with E-state index in [1.807, 2.05) is 0 Å². The van der Waals surface area contributed by atoms with Gasteiger partial charge in [0.25, 0.3) is 0 Å². The molecule has 0 unspecified atom stereocenters. The van der Waals surface area contributed by atoms with Gasteiger partial charge in [0.1, 0.15) is 0 Å². The molecule has 0 atom stereocenters. The molecule has 2 rings (SSSR count). The zero-order valence-corrected chi connectivity index (χ0v) is 12.0. The summed E-state index contributed by atoms with van der Waals surface area (Å²) in [5.41, 5.74) is 9.63. The summed E-state index contributed by atoms with van der Waals surface area (Å²) in [6.45, 7) is 6.29. The fourth-order valence-electron chi connectivity index (χ4n) is 3.01. The molecule has 0 spiro atoms. The lowest BCUT2D eigenvalue weighted by Crippen LogP contribution is -2.39. The van der Waals surface area contributed by atoms with E-state index in [-0.39, 0.29) is 11.8 Å². The molecule has 0 aliphatic carbocycles. The molecule has 1 amide bonds. The zero-order valence-electron chi connectivity index (χ0n) is 12.0. The Morgan fingerprint density at radius 3 is 2.16 bits per heavy atom. The van der Waals surface area contributed by atoms with Gasteiger partial charge in [-0.2, -0.15) is 0 Å². The van der Waals surface area contributed by atoms with Crippen LogP contribution >= 0.6 is 0 Å². The van der Waals surface area contributed by atoms with Crippen molar-refractivity contribution < 1.29 is 4.79 Å². The van der Waals surface area contributed by atoms with Crippen LogP contribution in [-0.4, -0.2) is 19.0 Å². The highest BCUT2D eigenvalue weighted by Crippen LogP contribution is 2.30. The third kappa shape index (κ3) is 2.91. The van der Waals surface area contributed by atoms with E-state index in [2.05, 4.69) is 36.9 Å². The first-order valence-corrected chi connectivity index (χ1v) is 7.32. The fraction of sp³-hybridized carbons (Fsp3) is 0.562. The number of hydrogen-bond acceptors (Lipinski definition) is 2. The Balaban J connectivity index is 2.21. The summed E-state index contributed by atoms with van der Waals surface area (Å²) >= 11 is 0. The second-order valence-electron chi connectivity index (χ2n) is 5.30. The first-order valence-electron chi connectivity index (χ1n) is 7.32. The molecular weight excluding hydrogens is 236 g/mol. The number of nitrogens with zero attached hydrogens (tertiary/aromatic N) is 1. The van der Waals surface area contributed by atoms with Gasteiger partial charge in [-0.3, -0.25) is 4.79 Å². The quantitative estimate of drug-likeness (QED) is 0.904. The van der Waals surface area contributed by atoms with E-state index >= 15 is 0 Å². The number of carbonyl (C=O) groups is 1. The maximum atomic E-state index is 11.2. The molecule has 1 aliphatic rings. The van der Waals surface area contributed by atoms with Gasteiger partial charge in [0.05, 0.1) is 0 Å². The third-order valence-corrected chi connectivity index (χ3v) is 4.18. The van der Waals surface area contributed by atoms with Crippen LogP contribution in [0.2, 0.25) is 0 Å². The Kier molecular flexibility index (Phi) is 4.46. The van der Waals surface area contributed by atoms with Gasteiger partial charge >= 0.3 is 0 Å². The number of para-hydroxylation sites is 1. The van der Waals surface area contributed by atoms with Crippen molar-refractivity contribution in [2.24, 2.45) is 11.7 Å². The maximum Gasteiger partial charge on any atom is 0.220 e. The summed E-state index contributed by atoms with van der Waals surface area (Å²) in [5.74, 6) is -0.0748. The van der Waals surface area contributed by atoms with Crippen LogP contribution in [0.5, 0.6) is 0 Å². The van der Waals surface area contributed by atoms with Crippen molar-refractivity contribution >= 4 is 11.6 Å². The van der Waals surface area contributed by atoms with Crippen molar-refractivity contribution in [3.05, 3.63) is 29.3 Å². The normalized spacial score (nSPS) is 16.6. The van der Waals surface area contributed by atoms with Crippen molar-refractivity contribution in [3.8, 4) is 0 Å². The minimum absolute atomic E-state index is 0.0649. The SMILES string of the molecule is CCc1cccc(CC)c1N1CCC(C(N)=O)CC1. The summed E-state index contributed by atoms with van der Waals surface area (Å²) in [5, 5.41) is 0. The van der Waals surface area contributed by atoms with E-state index < -0.39 is 0 Å². The highest BCUT2D eigenvalue weighted by Gasteiger charge is 2.25. The molecule has 3 heteroatoms. The number of amides is 1. The van der Waals surface area contributed by atoms with E-state index in [0.29, 0.717) is 0 Å². The highest BCUT2D eigenvalue weighted by atomic mass is 16.1. The molecule has 1 aliphatic heterocycles. The lowest BCUT2D eigenvalue weighted by molar-refractivity contribution is -0.122. The molecule has 19 heavy (non-hydrogen) atoms. The van der Waals surface area contributed by atoms with E-state index in [0.717, 1.165) is 38.8 Å². The summed E-state index contributed by atoms with van der Waals surface area (Å²) in [7, 11) is 0. The van der Waals surface area contributed by atoms with E-state index in [1.54, 1.807) is 0 Å². The maximum absolute atomic E-state index is 11.2. The Morgan fingerprint density at radius 2 is 1.74 bits per heavy atom. The number of rotatable bonds is 4. The molecule has 0 bridgehead atoms. The standard InChI is InChI=1S/C16H24N2O/c1-3-12-6-5-7-13(4-2)15(12)18-10-8-14(9-11-18)16(17)19/h5-7,14H,3-4,8-11H2,1-2H3,(H2,17,19). The van der Waals surface area contributed by atoms with Gasteiger partial charge in [-0.15, -0.1) is 0 Å². The Labute approximate surface area is 115 Å². The van der Waals surface area contributed by atoms with Crippen molar-refractivity contribution in [2.45, 2.75) is 39.5 Å². The molecule has 1 aromatic carbocycles. The zero-order chi connectivity index (χ0) is 13.8. The molecule has 0 saturated carbocycles. The summed E-state index contributed by atoms with van der Waals surface area (Å²) in [4.78, 5) is 13.7. The molecule has 1 heterocycles. The monoisotopic (exact) mass is 260 g/mol. The second kappa shape index (κ2) is 6.09. The number of carbonyl (C=O) groups excluding carboxylic acids is 1. The number of primary amides is 1. The minimum atomic E-state index is -0.140. The largest absolute Gasteiger partial charge is 0.371 e. The molecule has 2 N–H and O–H groups in total. The average molecular weight is 260 g/mol. The van der Waals surface area contributed by atoms with Gasteiger partial charge in [-0.25, -0.2) is 0 Å². The number of aryl methyl sites for hydroxylation is 2. The van der Waals surface area contributed by atoms with E-state index in [9.17, 15) is 4.79 Å². The number of nitrogens with two attached hydrogens (primary N) is 1. The van der Waals surface area contributed by atoms with Gasteiger partial charge in [0, 0.05) is 24.7 Å². The molecule has 3 nitrogen and oxygen atoms in total. The van der Waals surface area contributed by atoms with Crippen LogP contribution in [-0.2, 0) is 17.6 Å². The number of anilines is 1. The molecular formula is C16H24N2O. The van der Waals surface area contributed by atoms with Crippen molar-refractivity contribution in [2.75, 3.05) is 18.0 Å². The second-order valence-corrected chi connectivity index (χ2v) is 5.30. The predicted molar refractivity (Wildman–Crippen MR) is 79.3 cm³/mol. The van der Waals surface area contributed by atoms with Crippen LogP contribution in [0.15, 0.2) is 18.2 Å². The summed E-state index contributed by atoms with van der Waals surface area (Å²) < 4.78 is 0. The van der Waals surface area contributed by atoms with Crippen LogP contribution < -0.4 is 10.6 Å². The average Bonchev–Trinajstić information content (AvgIpc) is 2.46. The Bertz CT molecular complexity index is 426. The van der Waals surface area contributed by atoms with Crippen LogP contribution in [0.1, 0.15) is 37.8 Å². The van der Waals surface area contributed by atoms with E-state index in [4.69, 9.17) is 5.73 Å². The Morgan fingerprint density at radius 1 is 1.21 bits per heavy atom.